The average Bonchev–Trinajstić information content (AvgIpc) is 2.48. The van der Waals surface area contributed by atoms with Crippen LogP contribution in [0.15, 0.2) is 42.7 Å². The fourth-order valence-corrected chi connectivity index (χ4v) is 2.02. The van der Waals surface area contributed by atoms with Crippen molar-refractivity contribution in [1.82, 2.24) is 4.98 Å². The molecule has 4 heteroatoms. The Hall–Kier alpha value is -2.07. The van der Waals surface area contributed by atoms with E-state index in [1.807, 2.05) is 37.3 Å². The third-order valence-corrected chi connectivity index (χ3v) is 3.09. The topological polar surface area (TPSA) is 57.4 Å². The monoisotopic (exact) mass is 272 g/mol. The molecule has 0 spiro atoms. The van der Waals surface area contributed by atoms with E-state index in [1.165, 1.54) is 5.56 Å². The Balaban J connectivity index is 2.06. The van der Waals surface area contributed by atoms with Crippen molar-refractivity contribution in [2.24, 2.45) is 5.73 Å². The summed E-state index contributed by atoms with van der Waals surface area (Å²) >= 11 is 0. The smallest absolute Gasteiger partial charge is 0.137 e. The maximum atomic E-state index is 6.24. The molecule has 0 saturated heterocycles. The van der Waals surface area contributed by atoms with Crippen LogP contribution in [0.5, 0.6) is 11.5 Å². The minimum atomic E-state index is -0.101. The molecule has 0 aliphatic carbocycles. The van der Waals surface area contributed by atoms with Crippen molar-refractivity contribution in [3.63, 3.8) is 0 Å². The first kappa shape index (κ1) is 14.3. The van der Waals surface area contributed by atoms with Crippen molar-refractivity contribution in [2.75, 3.05) is 13.7 Å². The zero-order chi connectivity index (χ0) is 14.4. The first-order chi connectivity index (χ1) is 9.72. The molecule has 1 heterocycles. The van der Waals surface area contributed by atoms with Gasteiger partial charge >= 0.3 is 0 Å². The number of nitrogens with two attached hydrogens (primary N) is 1. The Bertz CT molecular complexity index is 540. The highest BCUT2D eigenvalue weighted by atomic mass is 16.5. The molecular formula is C16H20N2O2. The number of benzene rings is 1. The van der Waals surface area contributed by atoms with Crippen LogP contribution in [-0.4, -0.2) is 18.7 Å². The molecule has 1 unspecified atom stereocenters. The lowest BCUT2D eigenvalue weighted by Gasteiger charge is -2.13. The van der Waals surface area contributed by atoms with Crippen LogP contribution >= 0.6 is 0 Å². The Kier molecular flexibility index (Phi) is 4.96. The van der Waals surface area contributed by atoms with Crippen LogP contribution in [0.4, 0.5) is 0 Å². The summed E-state index contributed by atoms with van der Waals surface area (Å²) in [5.74, 6) is 1.61. The zero-order valence-corrected chi connectivity index (χ0v) is 11.9. The van der Waals surface area contributed by atoms with Crippen molar-refractivity contribution in [3.05, 3.63) is 53.9 Å². The molecule has 0 amide bonds. The molecule has 0 fully saturated rings. The molecule has 106 valence electrons. The van der Waals surface area contributed by atoms with Gasteiger partial charge in [-0.15, -0.1) is 0 Å². The molecule has 0 aliphatic rings. The molecule has 0 radical (unpaired) electrons. The van der Waals surface area contributed by atoms with E-state index in [1.54, 1.807) is 19.5 Å². The molecule has 2 N–H and O–H groups in total. The fourth-order valence-electron chi connectivity index (χ4n) is 2.02. The van der Waals surface area contributed by atoms with Gasteiger partial charge in [0.15, 0.2) is 0 Å². The number of ether oxygens (including phenoxy) is 2. The maximum Gasteiger partial charge on any atom is 0.137 e. The summed E-state index contributed by atoms with van der Waals surface area (Å²) in [6, 6.07) is 9.78. The molecule has 0 saturated carbocycles. The van der Waals surface area contributed by atoms with Crippen LogP contribution in [0, 0.1) is 0 Å². The van der Waals surface area contributed by atoms with Gasteiger partial charge in [0, 0.05) is 12.2 Å². The van der Waals surface area contributed by atoms with Crippen molar-refractivity contribution < 1.29 is 9.47 Å². The van der Waals surface area contributed by atoms with E-state index in [4.69, 9.17) is 15.2 Å². The highest BCUT2D eigenvalue weighted by molar-refractivity contribution is 5.30. The van der Waals surface area contributed by atoms with E-state index < -0.39 is 0 Å². The summed E-state index contributed by atoms with van der Waals surface area (Å²) in [7, 11) is 1.66. The number of rotatable bonds is 6. The van der Waals surface area contributed by atoms with Gasteiger partial charge < -0.3 is 15.2 Å². The molecule has 1 atom stereocenters. The van der Waals surface area contributed by atoms with Gasteiger partial charge in [-0.3, -0.25) is 4.98 Å². The molecule has 0 bridgehead atoms. The van der Waals surface area contributed by atoms with E-state index in [9.17, 15) is 0 Å². The lowest BCUT2D eigenvalue weighted by molar-refractivity contribution is 0.338. The number of pyridine rings is 1. The Morgan fingerprint density at radius 3 is 2.55 bits per heavy atom. The SMILES string of the molecule is CCOc1cncc(C(N)Cc2ccc(OC)cc2)c1. The van der Waals surface area contributed by atoms with E-state index in [-0.39, 0.29) is 6.04 Å². The Morgan fingerprint density at radius 2 is 1.90 bits per heavy atom. The molecule has 0 aliphatic heterocycles. The van der Waals surface area contributed by atoms with Gasteiger partial charge in [0.05, 0.1) is 19.9 Å². The summed E-state index contributed by atoms with van der Waals surface area (Å²) < 4.78 is 10.6. The van der Waals surface area contributed by atoms with Crippen molar-refractivity contribution in [2.45, 2.75) is 19.4 Å². The van der Waals surface area contributed by atoms with Crippen molar-refractivity contribution >= 4 is 0 Å². The molecule has 4 nitrogen and oxygen atoms in total. The average molecular weight is 272 g/mol. The lowest BCUT2D eigenvalue weighted by Crippen LogP contribution is -2.13. The van der Waals surface area contributed by atoms with Gasteiger partial charge in [0.25, 0.3) is 0 Å². The van der Waals surface area contributed by atoms with Gasteiger partial charge in [0.1, 0.15) is 11.5 Å². The minimum absolute atomic E-state index is 0.101. The first-order valence-electron chi connectivity index (χ1n) is 6.69. The maximum absolute atomic E-state index is 6.24. The first-order valence-corrected chi connectivity index (χ1v) is 6.69. The number of aromatic nitrogens is 1. The predicted molar refractivity (Wildman–Crippen MR) is 79.0 cm³/mol. The molecule has 2 rings (SSSR count). The minimum Gasteiger partial charge on any atom is -0.497 e. The highest BCUT2D eigenvalue weighted by Crippen LogP contribution is 2.21. The second kappa shape index (κ2) is 6.91. The normalized spacial score (nSPS) is 11.9. The zero-order valence-electron chi connectivity index (χ0n) is 11.9. The van der Waals surface area contributed by atoms with Crippen molar-refractivity contribution in [3.8, 4) is 11.5 Å². The van der Waals surface area contributed by atoms with Crippen LogP contribution in [-0.2, 0) is 6.42 Å². The van der Waals surface area contributed by atoms with Crippen LogP contribution in [0.1, 0.15) is 24.1 Å². The molecule has 20 heavy (non-hydrogen) atoms. The van der Waals surface area contributed by atoms with Crippen LogP contribution in [0.3, 0.4) is 0 Å². The third-order valence-electron chi connectivity index (χ3n) is 3.09. The van der Waals surface area contributed by atoms with Gasteiger partial charge in [-0.05, 0) is 42.7 Å². The number of nitrogens with zero attached hydrogens (tertiary/aromatic N) is 1. The summed E-state index contributed by atoms with van der Waals surface area (Å²) in [5, 5.41) is 0. The fraction of sp³-hybridized carbons (Fsp3) is 0.312. The number of hydrogen-bond donors (Lipinski definition) is 1. The largest absolute Gasteiger partial charge is 0.497 e. The van der Waals surface area contributed by atoms with Gasteiger partial charge in [-0.1, -0.05) is 12.1 Å². The highest BCUT2D eigenvalue weighted by Gasteiger charge is 2.09. The van der Waals surface area contributed by atoms with Crippen LogP contribution in [0.25, 0.3) is 0 Å². The van der Waals surface area contributed by atoms with Gasteiger partial charge in [0.2, 0.25) is 0 Å². The van der Waals surface area contributed by atoms with Gasteiger partial charge in [-0.25, -0.2) is 0 Å². The second-order valence-corrected chi connectivity index (χ2v) is 4.55. The Morgan fingerprint density at radius 1 is 1.15 bits per heavy atom. The Labute approximate surface area is 119 Å². The van der Waals surface area contributed by atoms with E-state index in [0.29, 0.717) is 6.61 Å². The summed E-state index contributed by atoms with van der Waals surface area (Å²) in [5.41, 5.74) is 8.38. The van der Waals surface area contributed by atoms with Crippen LogP contribution < -0.4 is 15.2 Å². The summed E-state index contributed by atoms with van der Waals surface area (Å²) in [4.78, 5) is 4.17. The van der Waals surface area contributed by atoms with Crippen LogP contribution in [0.2, 0.25) is 0 Å². The van der Waals surface area contributed by atoms with E-state index >= 15 is 0 Å². The lowest BCUT2D eigenvalue weighted by atomic mass is 10.0. The summed E-state index contributed by atoms with van der Waals surface area (Å²) in [6.07, 6.45) is 4.24. The predicted octanol–water partition coefficient (Wildman–Crippen LogP) is 2.73. The molecule has 2 aromatic rings. The van der Waals surface area contributed by atoms with Crippen molar-refractivity contribution in [1.29, 1.82) is 0 Å². The van der Waals surface area contributed by atoms with Gasteiger partial charge in [-0.2, -0.15) is 0 Å². The summed E-state index contributed by atoms with van der Waals surface area (Å²) in [6.45, 7) is 2.57. The quantitative estimate of drug-likeness (QED) is 0.878. The number of hydrogen-bond acceptors (Lipinski definition) is 4. The van der Waals surface area contributed by atoms with E-state index in [0.717, 1.165) is 23.5 Å². The third kappa shape index (κ3) is 3.71. The number of methoxy groups -OCH3 is 1. The second-order valence-electron chi connectivity index (χ2n) is 4.55. The molecule has 1 aromatic carbocycles. The van der Waals surface area contributed by atoms with E-state index in [2.05, 4.69) is 4.98 Å². The molecule has 1 aromatic heterocycles. The molecular weight excluding hydrogens is 252 g/mol. The standard InChI is InChI=1S/C16H20N2O2/c1-3-20-15-9-13(10-18-11-15)16(17)8-12-4-6-14(19-2)7-5-12/h4-7,9-11,16H,3,8,17H2,1-2H3.